The maximum atomic E-state index is 10.2. The molecule has 1 aromatic carbocycles. The number of rotatable bonds is 3. The maximum absolute atomic E-state index is 10.2. The molecule has 2 heterocycles. The van der Waals surface area contributed by atoms with Crippen LogP contribution in [-0.4, -0.2) is 36.3 Å². The van der Waals surface area contributed by atoms with Crippen molar-refractivity contribution in [1.29, 1.82) is 0 Å². The zero-order chi connectivity index (χ0) is 12.5. The second-order valence-corrected chi connectivity index (χ2v) is 4.99. The molecule has 18 heavy (non-hydrogen) atoms. The minimum Gasteiger partial charge on any atom is -0.388 e. The van der Waals surface area contributed by atoms with Crippen molar-refractivity contribution in [2.24, 2.45) is 5.92 Å². The first kappa shape index (κ1) is 12.1. The van der Waals surface area contributed by atoms with Crippen molar-refractivity contribution >= 4 is 0 Å². The van der Waals surface area contributed by atoms with Crippen LogP contribution in [0.25, 0.3) is 0 Å². The normalized spacial score (nSPS) is 38.9. The van der Waals surface area contributed by atoms with Crippen LogP contribution < -0.4 is 0 Å². The highest BCUT2D eigenvalue weighted by Crippen LogP contribution is 2.34. The summed E-state index contributed by atoms with van der Waals surface area (Å²) < 4.78 is 16.9. The second-order valence-electron chi connectivity index (χ2n) is 4.99. The van der Waals surface area contributed by atoms with E-state index in [-0.39, 0.29) is 24.4 Å². The molecular formula is C14H18O4. The third kappa shape index (κ3) is 2.17. The first-order chi connectivity index (χ1) is 8.75. The van der Waals surface area contributed by atoms with Crippen molar-refractivity contribution in [2.45, 2.75) is 38.1 Å². The topological polar surface area (TPSA) is 47.9 Å². The molecule has 0 radical (unpaired) electrons. The summed E-state index contributed by atoms with van der Waals surface area (Å²) in [5.74, 6) is 0.0439. The average molecular weight is 250 g/mol. The zero-order valence-corrected chi connectivity index (χ0v) is 10.4. The van der Waals surface area contributed by atoms with Crippen molar-refractivity contribution in [3.63, 3.8) is 0 Å². The van der Waals surface area contributed by atoms with Gasteiger partial charge in [-0.25, -0.2) is 0 Å². The molecule has 2 aliphatic heterocycles. The van der Waals surface area contributed by atoms with E-state index in [9.17, 15) is 5.11 Å². The smallest absolute Gasteiger partial charge is 0.163 e. The third-order valence-electron chi connectivity index (χ3n) is 3.68. The van der Waals surface area contributed by atoms with Crippen molar-refractivity contribution in [2.75, 3.05) is 6.61 Å². The average Bonchev–Trinajstić information content (AvgIpc) is 2.85. The highest BCUT2D eigenvalue weighted by atomic mass is 16.7. The fourth-order valence-electron chi connectivity index (χ4n) is 2.59. The summed E-state index contributed by atoms with van der Waals surface area (Å²) in [7, 11) is 0. The van der Waals surface area contributed by atoms with Crippen LogP contribution in [0.3, 0.4) is 0 Å². The van der Waals surface area contributed by atoms with E-state index in [0.29, 0.717) is 13.2 Å². The van der Waals surface area contributed by atoms with Crippen LogP contribution in [0.4, 0.5) is 0 Å². The number of aliphatic hydroxyl groups excluding tert-OH is 1. The quantitative estimate of drug-likeness (QED) is 0.879. The summed E-state index contributed by atoms with van der Waals surface area (Å²) in [6.07, 6.45) is -1.31. The Hall–Kier alpha value is -0.940. The van der Waals surface area contributed by atoms with Crippen LogP contribution in [-0.2, 0) is 20.8 Å². The van der Waals surface area contributed by atoms with E-state index >= 15 is 0 Å². The van der Waals surface area contributed by atoms with E-state index in [1.807, 2.05) is 37.3 Å². The second kappa shape index (κ2) is 4.97. The lowest BCUT2D eigenvalue weighted by atomic mass is 9.94. The van der Waals surface area contributed by atoms with Gasteiger partial charge in [0.2, 0.25) is 0 Å². The van der Waals surface area contributed by atoms with Gasteiger partial charge in [0.25, 0.3) is 0 Å². The highest BCUT2D eigenvalue weighted by molar-refractivity contribution is 5.13. The Morgan fingerprint density at radius 1 is 1.33 bits per heavy atom. The number of fused-ring (bicyclic) bond motifs is 2. The molecule has 5 atom stereocenters. The molecule has 98 valence electrons. The molecule has 0 spiro atoms. The first-order valence-corrected chi connectivity index (χ1v) is 6.36. The fraction of sp³-hybridized carbons (Fsp3) is 0.571. The van der Waals surface area contributed by atoms with Gasteiger partial charge in [-0.05, 0) is 5.56 Å². The summed E-state index contributed by atoms with van der Waals surface area (Å²) in [5.41, 5.74) is 1.11. The fourth-order valence-corrected chi connectivity index (χ4v) is 2.59. The summed E-state index contributed by atoms with van der Waals surface area (Å²) in [4.78, 5) is 0. The predicted molar refractivity (Wildman–Crippen MR) is 64.8 cm³/mol. The SMILES string of the molecule is C[C@@H]1C2OCC(O2)C(O)[C@@H]1OCc1ccccc1. The number of ether oxygens (including phenoxy) is 3. The molecule has 2 bridgehead atoms. The van der Waals surface area contributed by atoms with Crippen LogP contribution in [0.2, 0.25) is 0 Å². The molecule has 2 fully saturated rings. The standard InChI is InChI=1S/C14H18O4/c1-9-13(12(15)11-8-17-14(9)18-11)16-7-10-5-3-2-4-6-10/h2-6,9,11-15H,7-8H2,1H3/t9-,11?,12?,13+,14?/m0/s1. The van der Waals surface area contributed by atoms with Crippen LogP contribution >= 0.6 is 0 Å². The number of aliphatic hydroxyl groups is 1. The molecule has 4 heteroatoms. The Bertz CT molecular complexity index is 378. The molecule has 3 rings (SSSR count). The highest BCUT2D eigenvalue weighted by Gasteiger charge is 2.48. The Balaban J connectivity index is 1.65. The Kier molecular flexibility index (Phi) is 3.35. The Morgan fingerprint density at radius 3 is 2.89 bits per heavy atom. The van der Waals surface area contributed by atoms with Gasteiger partial charge in [0.1, 0.15) is 12.2 Å². The number of hydrogen-bond donors (Lipinski definition) is 1. The molecule has 2 saturated heterocycles. The van der Waals surface area contributed by atoms with E-state index in [1.54, 1.807) is 0 Å². The molecule has 3 unspecified atom stereocenters. The van der Waals surface area contributed by atoms with Gasteiger partial charge >= 0.3 is 0 Å². The van der Waals surface area contributed by atoms with Gasteiger partial charge in [-0.3, -0.25) is 0 Å². The summed E-state index contributed by atoms with van der Waals surface area (Å²) >= 11 is 0. The first-order valence-electron chi connectivity index (χ1n) is 6.36. The summed E-state index contributed by atoms with van der Waals surface area (Å²) in [5, 5.41) is 10.2. The molecule has 2 aliphatic rings. The van der Waals surface area contributed by atoms with Gasteiger partial charge in [0.05, 0.1) is 19.3 Å². The van der Waals surface area contributed by atoms with Gasteiger partial charge in [-0.2, -0.15) is 0 Å². The molecular weight excluding hydrogens is 232 g/mol. The summed E-state index contributed by atoms with van der Waals surface area (Å²) in [6, 6.07) is 9.97. The van der Waals surface area contributed by atoms with Crippen LogP contribution in [0, 0.1) is 5.92 Å². The van der Waals surface area contributed by atoms with Crippen molar-refractivity contribution in [1.82, 2.24) is 0 Å². The van der Waals surface area contributed by atoms with Crippen molar-refractivity contribution in [3.8, 4) is 0 Å². The van der Waals surface area contributed by atoms with Crippen LogP contribution in [0.1, 0.15) is 12.5 Å². The van der Waals surface area contributed by atoms with Gasteiger partial charge < -0.3 is 19.3 Å². The molecule has 1 aromatic rings. The zero-order valence-electron chi connectivity index (χ0n) is 10.4. The van der Waals surface area contributed by atoms with E-state index in [0.717, 1.165) is 5.56 Å². The minimum absolute atomic E-state index is 0.0439. The Labute approximate surface area is 106 Å². The molecule has 0 aromatic heterocycles. The molecule has 0 aliphatic carbocycles. The maximum Gasteiger partial charge on any atom is 0.163 e. The van der Waals surface area contributed by atoms with E-state index in [1.165, 1.54) is 0 Å². The lowest BCUT2D eigenvalue weighted by molar-refractivity contribution is -0.215. The van der Waals surface area contributed by atoms with E-state index in [4.69, 9.17) is 14.2 Å². The lowest BCUT2D eigenvalue weighted by Crippen LogP contribution is -2.50. The van der Waals surface area contributed by atoms with Crippen LogP contribution in [0.5, 0.6) is 0 Å². The number of hydrogen-bond acceptors (Lipinski definition) is 4. The van der Waals surface area contributed by atoms with E-state index in [2.05, 4.69) is 0 Å². The molecule has 0 saturated carbocycles. The van der Waals surface area contributed by atoms with Gasteiger partial charge in [0.15, 0.2) is 6.29 Å². The summed E-state index contributed by atoms with van der Waals surface area (Å²) in [6.45, 7) is 2.96. The van der Waals surface area contributed by atoms with Gasteiger partial charge in [0, 0.05) is 5.92 Å². The van der Waals surface area contributed by atoms with Gasteiger partial charge in [-0.1, -0.05) is 37.3 Å². The monoisotopic (exact) mass is 250 g/mol. The van der Waals surface area contributed by atoms with Crippen LogP contribution in [0.15, 0.2) is 30.3 Å². The molecule has 1 N–H and O–H groups in total. The van der Waals surface area contributed by atoms with E-state index < -0.39 is 6.10 Å². The number of benzene rings is 1. The lowest BCUT2D eigenvalue weighted by Gasteiger charge is -2.36. The minimum atomic E-state index is -0.609. The molecule has 4 nitrogen and oxygen atoms in total. The van der Waals surface area contributed by atoms with Gasteiger partial charge in [-0.15, -0.1) is 0 Å². The molecule has 0 amide bonds. The third-order valence-corrected chi connectivity index (χ3v) is 3.68. The predicted octanol–water partition coefficient (Wildman–Crippen LogP) is 1.32. The largest absolute Gasteiger partial charge is 0.388 e. The van der Waals surface area contributed by atoms with Crippen molar-refractivity contribution < 1.29 is 19.3 Å². The van der Waals surface area contributed by atoms with Crippen molar-refractivity contribution in [3.05, 3.63) is 35.9 Å². The Morgan fingerprint density at radius 2 is 2.11 bits per heavy atom.